The Hall–Kier alpha value is -1.84. The third-order valence-electron chi connectivity index (χ3n) is 2.83. The molecule has 2 N–H and O–H groups in total. The van der Waals surface area contributed by atoms with E-state index in [2.05, 4.69) is 5.32 Å². The number of nitrogens with one attached hydrogen (secondary N) is 1. The van der Waals surface area contributed by atoms with Gasteiger partial charge in [0.2, 0.25) is 5.91 Å². The molecular weight excluding hydrogens is 230 g/mol. The van der Waals surface area contributed by atoms with Gasteiger partial charge in [0.15, 0.2) is 0 Å². The minimum atomic E-state index is -0.867. The first-order valence-electron chi connectivity index (χ1n) is 6.04. The van der Waals surface area contributed by atoms with Crippen molar-refractivity contribution < 1.29 is 14.7 Å². The normalized spacial score (nSPS) is 11.9. The molecule has 4 nitrogen and oxygen atoms in total. The molecule has 1 unspecified atom stereocenters. The number of aryl methyl sites for hydroxylation is 1. The summed E-state index contributed by atoms with van der Waals surface area (Å²) in [7, 11) is 0. The second-order valence-corrected chi connectivity index (χ2v) is 4.54. The van der Waals surface area contributed by atoms with E-state index in [1.54, 1.807) is 6.92 Å². The van der Waals surface area contributed by atoms with Crippen LogP contribution in [-0.4, -0.2) is 17.0 Å². The number of carbonyl (C=O) groups is 2. The van der Waals surface area contributed by atoms with Gasteiger partial charge in [0.25, 0.3) is 0 Å². The Bertz CT molecular complexity index is 412. The van der Waals surface area contributed by atoms with Gasteiger partial charge in [0.05, 0.1) is 0 Å². The van der Waals surface area contributed by atoms with Crippen molar-refractivity contribution in [3.05, 3.63) is 35.4 Å². The Kier molecular flexibility index (Phi) is 5.36. The molecule has 0 aliphatic carbocycles. The third kappa shape index (κ3) is 4.99. The first kappa shape index (κ1) is 14.2. The second-order valence-electron chi connectivity index (χ2n) is 4.54. The fraction of sp³-hybridized carbons (Fsp3) is 0.429. The van der Waals surface area contributed by atoms with Crippen molar-refractivity contribution >= 4 is 11.9 Å². The van der Waals surface area contributed by atoms with Gasteiger partial charge in [-0.25, -0.2) is 0 Å². The number of carboxylic acids is 1. The van der Waals surface area contributed by atoms with Crippen LogP contribution in [0.5, 0.6) is 0 Å². The lowest BCUT2D eigenvalue weighted by molar-refractivity contribution is -0.137. The van der Waals surface area contributed by atoms with Gasteiger partial charge in [-0.3, -0.25) is 9.59 Å². The molecule has 0 saturated carbocycles. The predicted molar refractivity (Wildman–Crippen MR) is 69.1 cm³/mol. The van der Waals surface area contributed by atoms with Crippen LogP contribution in [0, 0.1) is 12.8 Å². The van der Waals surface area contributed by atoms with Crippen LogP contribution in [-0.2, 0) is 16.1 Å². The summed E-state index contributed by atoms with van der Waals surface area (Å²) in [5.41, 5.74) is 2.22. The van der Waals surface area contributed by atoms with Gasteiger partial charge in [-0.1, -0.05) is 36.8 Å². The molecule has 0 saturated heterocycles. The number of benzene rings is 1. The van der Waals surface area contributed by atoms with Gasteiger partial charge < -0.3 is 10.4 Å². The van der Waals surface area contributed by atoms with Crippen molar-refractivity contribution in [3.63, 3.8) is 0 Å². The van der Waals surface area contributed by atoms with Crippen LogP contribution in [0.15, 0.2) is 24.3 Å². The Balaban J connectivity index is 2.36. The van der Waals surface area contributed by atoms with Crippen molar-refractivity contribution in [2.24, 2.45) is 5.92 Å². The van der Waals surface area contributed by atoms with Crippen LogP contribution in [0.3, 0.4) is 0 Å². The molecule has 0 heterocycles. The number of carbonyl (C=O) groups excluding carboxylic acids is 1. The molecule has 1 amide bonds. The molecule has 0 aromatic heterocycles. The summed E-state index contributed by atoms with van der Waals surface area (Å²) in [6, 6.07) is 7.93. The summed E-state index contributed by atoms with van der Waals surface area (Å²) >= 11 is 0. The minimum Gasteiger partial charge on any atom is -0.481 e. The average molecular weight is 249 g/mol. The number of aliphatic carboxylic acids is 1. The Labute approximate surface area is 107 Å². The summed E-state index contributed by atoms with van der Waals surface area (Å²) in [6.45, 7) is 4.24. The number of hydrogen-bond donors (Lipinski definition) is 2. The highest BCUT2D eigenvalue weighted by Gasteiger charge is 2.13. The molecule has 1 aromatic carbocycles. The van der Waals surface area contributed by atoms with E-state index in [4.69, 9.17) is 5.11 Å². The van der Waals surface area contributed by atoms with E-state index in [1.807, 2.05) is 31.2 Å². The van der Waals surface area contributed by atoms with Crippen molar-refractivity contribution in [2.75, 3.05) is 0 Å². The quantitative estimate of drug-likeness (QED) is 0.811. The molecule has 0 bridgehead atoms. The topological polar surface area (TPSA) is 66.4 Å². The first-order chi connectivity index (χ1) is 8.49. The second kappa shape index (κ2) is 6.79. The molecule has 1 atom stereocenters. The van der Waals surface area contributed by atoms with E-state index < -0.39 is 5.97 Å². The molecule has 1 aromatic rings. The van der Waals surface area contributed by atoms with Crippen molar-refractivity contribution in [3.8, 4) is 0 Å². The van der Waals surface area contributed by atoms with Crippen LogP contribution >= 0.6 is 0 Å². The average Bonchev–Trinajstić information content (AvgIpc) is 2.34. The predicted octanol–water partition coefficient (Wildman–Crippen LogP) is 2.11. The van der Waals surface area contributed by atoms with E-state index >= 15 is 0 Å². The van der Waals surface area contributed by atoms with E-state index in [-0.39, 0.29) is 18.2 Å². The number of hydrogen-bond acceptors (Lipinski definition) is 2. The largest absolute Gasteiger partial charge is 0.481 e. The van der Waals surface area contributed by atoms with Gasteiger partial charge in [0, 0.05) is 18.9 Å². The zero-order valence-electron chi connectivity index (χ0n) is 10.8. The molecule has 98 valence electrons. The summed E-state index contributed by atoms with van der Waals surface area (Å²) in [5.74, 6) is -1.24. The molecule has 0 fully saturated rings. The lowest BCUT2D eigenvalue weighted by Gasteiger charge is -2.11. The monoisotopic (exact) mass is 249 g/mol. The maximum Gasteiger partial charge on any atom is 0.303 e. The molecular formula is C14H19NO3. The molecule has 0 spiro atoms. The molecule has 0 aliphatic rings. The Morgan fingerprint density at radius 1 is 1.28 bits per heavy atom. The van der Waals surface area contributed by atoms with Crippen LogP contribution in [0.2, 0.25) is 0 Å². The van der Waals surface area contributed by atoms with Crippen molar-refractivity contribution in [1.82, 2.24) is 5.32 Å². The van der Waals surface area contributed by atoms with E-state index in [9.17, 15) is 9.59 Å². The maximum atomic E-state index is 11.7. The number of amides is 1. The summed E-state index contributed by atoms with van der Waals surface area (Å²) in [6.07, 6.45) is 0.397. The smallest absolute Gasteiger partial charge is 0.303 e. The van der Waals surface area contributed by atoms with Crippen molar-refractivity contribution in [1.29, 1.82) is 0 Å². The van der Waals surface area contributed by atoms with Crippen LogP contribution in [0.1, 0.15) is 30.9 Å². The zero-order chi connectivity index (χ0) is 13.5. The minimum absolute atomic E-state index is 0.0269. The number of carboxylic acid groups (broad SMARTS) is 1. The number of rotatable bonds is 6. The summed E-state index contributed by atoms with van der Waals surface area (Å²) in [4.78, 5) is 22.1. The van der Waals surface area contributed by atoms with Crippen LogP contribution in [0.25, 0.3) is 0 Å². The molecule has 4 heteroatoms. The molecule has 1 rings (SSSR count). The van der Waals surface area contributed by atoms with Gasteiger partial charge in [-0.2, -0.15) is 0 Å². The van der Waals surface area contributed by atoms with Crippen LogP contribution < -0.4 is 5.32 Å². The Morgan fingerprint density at radius 3 is 2.44 bits per heavy atom. The maximum absolute atomic E-state index is 11.7. The zero-order valence-corrected chi connectivity index (χ0v) is 10.8. The first-order valence-corrected chi connectivity index (χ1v) is 6.04. The lowest BCUT2D eigenvalue weighted by Crippen LogP contribution is -2.29. The molecule has 18 heavy (non-hydrogen) atoms. The highest BCUT2D eigenvalue weighted by atomic mass is 16.4. The standard InChI is InChI=1S/C14H19NO3/c1-10-3-6-12(7-4-10)9-15-14(18)11(2)5-8-13(16)17/h3-4,6-7,11H,5,8-9H2,1-2H3,(H,15,18)(H,16,17). The van der Waals surface area contributed by atoms with E-state index in [0.717, 1.165) is 5.56 Å². The molecule has 0 aliphatic heterocycles. The van der Waals surface area contributed by atoms with E-state index in [0.29, 0.717) is 13.0 Å². The summed E-state index contributed by atoms with van der Waals surface area (Å²) in [5, 5.41) is 11.4. The van der Waals surface area contributed by atoms with E-state index in [1.165, 1.54) is 5.56 Å². The van der Waals surface area contributed by atoms with Gasteiger partial charge in [-0.15, -0.1) is 0 Å². The van der Waals surface area contributed by atoms with Gasteiger partial charge in [-0.05, 0) is 18.9 Å². The third-order valence-corrected chi connectivity index (χ3v) is 2.83. The highest BCUT2D eigenvalue weighted by molar-refractivity contribution is 5.79. The lowest BCUT2D eigenvalue weighted by atomic mass is 10.0. The van der Waals surface area contributed by atoms with Crippen LogP contribution in [0.4, 0.5) is 0 Å². The fourth-order valence-electron chi connectivity index (χ4n) is 1.54. The molecule has 0 radical (unpaired) electrons. The van der Waals surface area contributed by atoms with Crippen molar-refractivity contribution in [2.45, 2.75) is 33.2 Å². The van der Waals surface area contributed by atoms with Gasteiger partial charge in [0.1, 0.15) is 0 Å². The fourth-order valence-corrected chi connectivity index (χ4v) is 1.54. The highest BCUT2D eigenvalue weighted by Crippen LogP contribution is 2.07. The van der Waals surface area contributed by atoms with Gasteiger partial charge >= 0.3 is 5.97 Å². The SMILES string of the molecule is Cc1ccc(CNC(=O)C(C)CCC(=O)O)cc1. The Morgan fingerprint density at radius 2 is 1.89 bits per heavy atom. The summed E-state index contributed by atoms with van der Waals surface area (Å²) < 4.78 is 0.